The first-order valence-corrected chi connectivity index (χ1v) is 6.46. The second-order valence-corrected chi connectivity index (χ2v) is 5.07. The number of aromatic nitrogens is 2. The Morgan fingerprint density at radius 1 is 1.48 bits per heavy atom. The zero-order valence-electron chi connectivity index (χ0n) is 10.9. The van der Waals surface area contributed by atoms with Crippen molar-refractivity contribution in [3.05, 3.63) is 49.5 Å². The Balaban J connectivity index is 2.76. The molecule has 0 radical (unpaired) electrons. The van der Waals surface area contributed by atoms with Crippen molar-refractivity contribution in [2.45, 2.75) is 13.8 Å². The van der Waals surface area contributed by atoms with Crippen molar-refractivity contribution in [2.24, 2.45) is 0 Å². The summed E-state index contributed by atoms with van der Waals surface area (Å²) in [5.41, 5.74) is -0.424. The van der Waals surface area contributed by atoms with Crippen LogP contribution in [0.1, 0.15) is 21.7 Å². The van der Waals surface area contributed by atoms with Crippen LogP contribution >= 0.6 is 15.9 Å². The summed E-state index contributed by atoms with van der Waals surface area (Å²) in [5.74, 6) is -2.44. The molecule has 0 fully saturated rings. The highest BCUT2D eigenvalue weighted by Crippen LogP contribution is 2.28. The minimum Gasteiger partial charge on any atom is -0.477 e. The van der Waals surface area contributed by atoms with Gasteiger partial charge in [0, 0.05) is 0 Å². The van der Waals surface area contributed by atoms with Crippen molar-refractivity contribution >= 4 is 27.6 Å². The summed E-state index contributed by atoms with van der Waals surface area (Å²) in [5, 5.41) is 23.9. The van der Waals surface area contributed by atoms with Gasteiger partial charge in [0.2, 0.25) is 0 Å². The molecule has 2 rings (SSSR count). The van der Waals surface area contributed by atoms with E-state index in [4.69, 9.17) is 5.11 Å². The highest BCUT2D eigenvalue weighted by Gasteiger charge is 2.25. The van der Waals surface area contributed by atoms with Gasteiger partial charge in [0.1, 0.15) is 11.3 Å². The van der Waals surface area contributed by atoms with Crippen LogP contribution in [0.4, 0.5) is 10.1 Å². The lowest BCUT2D eigenvalue weighted by Crippen LogP contribution is -2.09. The Morgan fingerprint density at radius 3 is 2.52 bits per heavy atom. The maximum absolute atomic E-state index is 14.1. The van der Waals surface area contributed by atoms with Crippen molar-refractivity contribution in [1.82, 2.24) is 9.78 Å². The lowest BCUT2D eigenvalue weighted by atomic mass is 10.1. The van der Waals surface area contributed by atoms with Gasteiger partial charge in [-0.15, -0.1) is 0 Å². The van der Waals surface area contributed by atoms with E-state index in [1.807, 2.05) is 0 Å². The molecule has 0 atom stereocenters. The number of nitro benzene ring substituents is 1. The second kappa shape index (κ2) is 5.24. The molecule has 1 heterocycles. The number of aryl methyl sites for hydroxylation is 1. The smallest absolute Gasteiger partial charge is 0.342 e. The predicted octanol–water partition coefficient (Wildman–Crippen LogP) is 3.00. The van der Waals surface area contributed by atoms with E-state index in [1.54, 1.807) is 13.8 Å². The van der Waals surface area contributed by atoms with Gasteiger partial charge in [0.05, 0.1) is 26.9 Å². The van der Waals surface area contributed by atoms with Gasteiger partial charge in [-0.1, -0.05) is 0 Å². The molecule has 1 aromatic carbocycles. The quantitative estimate of drug-likeness (QED) is 0.672. The summed E-state index contributed by atoms with van der Waals surface area (Å²) in [6.07, 6.45) is 0. The maximum atomic E-state index is 14.1. The van der Waals surface area contributed by atoms with E-state index in [1.165, 1.54) is 4.68 Å². The van der Waals surface area contributed by atoms with E-state index in [0.29, 0.717) is 21.9 Å². The summed E-state index contributed by atoms with van der Waals surface area (Å²) in [6, 6.07) is 1.49. The second-order valence-electron chi connectivity index (χ2n) is 4.28. The molecule has 0 aliphatic rings. The number of rotatable bonds is 3. The Kier molecular flexibility index (Phi) is 3.77. The van der Waals surface area contributed by atoms with Crippen LogP contribution in [0.25, 0.3) is 5.69 Å². The summed E-state index contributed by atoms with van der Waals surface area (Å²) in [7, 11) is 0. The molecule has 110 valence electrons. The molecule has 1 aromatic heterocycles. The van der Waals surface area contributed by atoms with E-state index in [2.05, 4.69) is 21.0 Å². The van der Waals surface area contributed by atoms with Crippen LogP contribution in [0.5, 0.6) is 0 Å². The van der Waals surface area contributed by atoms with Crippen LogP contribution in [0, 0.1) is 29.8 Å². The van der Waals surface area contributed by atoms with Gasteiger partial charge in [0.25, 0.3) is 5.69 Å². The lowest BCUT2D eigenvalue weighted by molar-refractivity contribution is -0.385. The molecule has 0 aliphatic heterocycles. The van der Waals surface area contributed by atoms with Crippen LogP contribution in [0.3, 0.4) is 0 Å². The number of hydrogen-bond donors (Lipinski definition) is 1. The van der Waals surface area contributed by atoms with Gasteiger partial charge >= 0.3 is 5.97 Å². The zero-order chi connectivity index (χ0) is 15.9. The van der Waals surface area contributed by atoms with Gasteiger partial charge in [-0.05, 0) is 35.8 Å². The van der Waals surface area contributed by atoms with Crippen LogP contribution in [-0.4, -0.2) is 25.8 Å². The number of carboxylic acid groups (broad SMARTS) is 1. The largest absolute Gasteiger partial charge is 0.477 e. The van der Waals surface area contributed by atoms with Crippen LogP contribution in [0.2, 0.25) is 0 Å². The van der Waals surface area contributed by atoms with Gasteiger partial charge in [-0.2, -0.15) is 5.10 Å². The highest BCUT2D eigenvalue weighted by molar-refractivity contribution is 9.10. The summed E-state index contributed by atoms with van der Waals surface area (Å²) >= 11 is 3.28. The molecule has 0 spiro atoms. The summed E-state index contributed by atoms with van der Waals surface area (Å²) < 4.78 is 15.9. The first-order chi connectivity index (χ1) is 9.73. The Hall–Kier alpha value is -2.29. The average Bonchev–Trinajstić information content (AvgIpc) is 2.65. The molecular formula is C12H9BrFN3O4. The number of hydrogen-bond acceptors (Lipinski definition) is 4. The molecule has 21 heavy (non-hydrogen) atoms. The standard InChI is InChI=1S/C12H9BrFN3O4/c1-5-11(13)6(2)16(15-5)10-3-7(12(18)19)9(17(20)21)4-8(10)14/h3-4H,1-2H3,(H,18,19). The molecule has 7 nitrogen and oxygen atoms in total. The number of aromatic carboxylic acids is 1. The Morgan fingerprint density at radius 2 is 2.10 bits per heavy atom. The normalized spacial score (nSPS) is 10.7. The van der Waals surface area contributed by atoms with Crippen LogP contribution in [0.15, 0.2) is 16.6 Å². The third-order valence-corrected chi connectivity index (χ3v) is 4.07. The van der Waals surface area contributed by atoms with Crippen LogP contribution in [-0.2, 0) is 0 Å². The van der Waals surface area contributed by atoms with E-state index in [9.17, 15) is 19.3 Å². The molecule has 9 heteroatoms. The number of carboxylic acids is 1. The van der Waals surface area contributed by atoms with Crippen molar-refractivity contribution in [3.63, 3.8) is 0 Å². The van der Waals surface area contributed by atoms with Gasteiger partial charge < -0.3 is 5.11 Å². The molecular weight excluding hydrogens is 349 g/mol. The molecule has 0 saturated carbocycles. The number of nitrogens with zero attached hydrogens (tertiary/aromatic N) is 3. The first-order valence-electron chi connectivity index (χ1n) is 5.67. The molecule has 2 aromatic rings. The highest BCUT2D eigenvalue weighted by atomic mass is 79.9. The topological polar surface area (TPSA) is 98.3 Å². The van der Waals surface area contributed by atoms with E-state index in [-0.39, 0.29) is 5.69 Å². The molecule has 0 bridgehead atoms. The summed E-state index contributed by atoms with van der Waals surface area (Å²) in [6.45, 7) is 3.35. The van der Waals surface area contributed by atoms with Crippen molar-refractivity contribution in [3.8, 4) is 5.69 Å². The third-order valence-electron chi connectivity index (χ3n) is 2.92. The van der Waals surface area contributed by atoms with Gasteiger partial charge in [-0.25, -0.2) is 13.9 Å². The Labute approximate surface area is 126 Å². The first kappa shape index (κ1) is 15.1. The zero-order valence-corrected chi connectivity index (χ0v) is 12.5. The average molecular weight is 358 g/mol. The number of benzene rings is 1. The number of carbonyl (C=O) groups is 1. The maximum Gasteiger partial charge on any atom is 0.342 e. The van der Waals surface area contributed by atoms with Crippen molar-refractivity contribution in [2.75, 3.05) is 0 Å². The predicted molar refractivity (Wildman–Crippen MR) is 74.3 cm³/mol. The minimum absolute atomic E-state index is 0.163. The number of halogens is 2. The summed E-state index contributed by atoms with van der Waals surface area (Å²) in [4.78, 5) is 21.0. The fourth-order valence-electron chi connectivity index (χ4n) is 1.89. The van der Waals surface area contributed by atoms with Crippen molar-refractivity contribution < 1.29 is 19.2 Å². The molecule has 0 aliphatic carbocycles. The molecule has 1 N–H and O–H groups in total. The van der Waals surface area contributed by atoms with E-state index >= 15 is 0 Å². The van der Waals surface area contributed by atoms with Gasteiger partial charge in [-0.3, -0.25) is 10.1 Å². The monoisotopic (exact) mass is 357 g/mol. The van der Waals surface area contributed by atoms with E-state index < -0.39 is 28.0 Å². The third kappa shape index (κ3) is 2.51. The SMILES string of the molecule is Cc1nn(-c2cc(C(=O)O)c([N+](=O)[O-])cc2F)c(C)c1Br. The number of nitro groups is 1. The van der Waals surface area contributed by atoms with E-state index in [0.717, 1.165) is 6.07 Å². The molecule has 0 saturated heterocycles. The fraction of sp³-hybridized carbons (Fsp3) is 0.167. The van der Waals surface area contributed by atoms with Crippen LogP contribution < -0.4 is 0 Å². The molecule has 0 amide bonds. The Bertz CT molecular complexity index is 772. The lowest BCUT2D eigenvalue weighted by Gasteiger charge is -2.08. The van der Waals surface area contributed by atoms with Gasteiger partial charge in [0.15, 0.2) is 5.82 Å². The fourth-order valence-corrected chi connectivity index (χ4v) is 2.14. The minimum atomic E-state index is -1.51. The molecule has 0 unspecified atom stereocenters. The van der Waals surface area contributed by atoms with Crippen molar-refractivity contribution in [1.29, 1.82) is 0 Å².